The number of likely N-dealkylation sites (N-methyl/N-ethyl adjacent to an activating group) is 1. The van der Waals surface area contributed by atoms with Gasteiger partial charge in [0.2, 0.25) is 0 Å². The molecule has 0 spiro atoms. The molecule has 0 aromatic heterocycles. The minimum Gasteiger partial charge on any atom is -0.374 e. The van der Waals surface area contributed by atoms with Gasteiger partial charge in [-0.25, -0.2) is 0 Å². The van der Waals surface area contributed by atoms with E-state index in [0.717, 1.165) is 19.6 Å². The Hall–Kier alpha value is -0.0800. The molecular weight excluding hydrogens is 198 g/mol. The molecule has 1 rings (SSSR count). The van der Waals surface area contributed by atoms with Crippen LogP contribution in [0.15, 0.2) is 0 Å². The van der Waals surface area contributed by atoms with E-state index in [1.165, 1.54) is 19.4 Å². The zero-order valence-corrected chi connectivity index (χ0v) is 12.6. The number of ether oxygens (including phenoxy) is 1. The van der Waals surface area contributed by atoms with Gasteiger partial charge in [0.1, 0.15) is 0 Å². The Labute approximate surface area is 103 Å². The topological polar surface area (TPSA) is 12.5 Å². The van der Waals surface area contributed by atoms with E-state index in [9.17, 15) is 0 Å². The lowest BCUT2D eigenvalue weighted by Gasteiger charge is -2.40. The van der Waals surface area contributed by atoms with Crippen LogP contribution >= 0.6 is 0 Å². The summed E-state index contributed by atoms with van der Waals surface area (Å²) in [7, 11) is 2.18. The van der Waals surface area contributed by atoms with Crippen LogP contribution in [-0.2, 0) is 4.74 Å². The Bertz CT molecular complexity index is 135. The zero-order valence-electron chi connectivity index (χ0n) is 12.6. The molecule has 100 valence electrons. The van der Waals surface area contributed by atoms with Crippen molar-refractivity contribution in [1.29, 1.82) is 0 Å². The van der Waals surface area contributed by atoms with Gasteiger partial charge in [0.15, 0.2) is 0 Å². The van der Waals surface area contributed by atoms with Gasteiger partial charge < -0.3 is 9.64 Å². The predicted molar refractivity (Wildman–Crippen MR) is 74.1 cm³/mol. The minimum atomic E-state index is 0.168. The molecule has 0 amide bonds. The van der Waals surface area contributed by atoms with Gasteiger partial charge in [0, 0.05) is 13.2 Å². The molecule has 1 heterocycles. The monoisotopic (exact) mass is 231 g/mol. The molecule has 1 fully saturated rings. The third kappa shape index (κ3) is 6.49. The quantitative estimate of drug-likeness (QED) is 0.729. The van der Waals surface area contributed by atoms with Crippen molar-refractivity contribution in [3.8, 4) is 0 Å². The van der Waals surface area contributed by atoms with Crippen LogP contribution in [-0.4, -0.2) is 37.2 Å². The Morgan fingerprint density at radius 1 is 1.12 bits per heavy atom. The summed E-state index contributed by atoms with van der Waals surface area (Å²) in [5.41, 5.74) is 0.168. The standard InChI is InChI=1S/C10H21NO.2C2H6/c1-4-10(12-5-2)7-6-8-11(3)9-10;2*1-2/h4-9H2,1-3H3;2*1-2H3. The molecule has 2 nitrogen and oxygen atoms in total. The number of nitrogens with zero attached hydrogens (tertiary/aromatic N) is 1. The Morgan fingerprint density at radius 2 is 1.69 bits per heavy atom. The first-order valence-electron chi connectivity index (χ1n) is 7.05. The van der Waals surface area contributed by atoms with Gasteiger partial charge in [-0.3, -0.25) is 0 Å². The number of hydrogen-bond donors (Lipinski definition) is 0. The van der Waals surface area contributed by atoms with Gasteiger partial charge in [-0.2, -0.15) is 0 Å². The highest BCUT2D eigenvalue weighted by molar-refractivity contribution is 4.86. The molecule has 1 unspecified atom stereocenters. The maximum atomic E-state index is 5.85. The Balaban J connectivity index is 0. The predicted octanol–water partition coefficient (Wildman–Crippen LogP) is 3.95. The number of hydrogen-bond acceptors (Lipinski definition) is 2. The highest BCUT2D eigenvalue weighted by atomic mass is 16.5. The summed E-state index contributed by atoms with van der Waals surface area (Å²) in [4.78, 5) is 2.38. The largest absolute Gasteiger partial charge is 0.374 e. The van der Waals surface area contributed by atoms with E-state index in [2.05, 4.69) is 25.8 Å². The third-order valence-electron chi connectivity index (χ3n) is 2.83. The van der Waals surface area contributed by atoms with Gasteiger partial charge in [-0.15, -0.1) is 0 Å². The maximum absolute atomic E-state index is 5.85. The normalized spacial score (nSPS) is 24.9. The fraction of sp³-hybridized carbons (Fsp3) is 1.00. The molecule has 0 aromatic carbocycles. The van der Waals surface area contributed by atoms with Gasteiger partial charge in [0.05, 0.1) is 5.60 Å². The molecule has 1 atom stereocenters. The third-order valence-corrected chi connectivity index (χ3v) is 2.83. The number of likely N-dealkylation sites (tertiary alicyclic amines) is 1. The molecular formula is C14H33NO. The average molecular weight is 231 g/mol. The van der Waals surface area contributed by atoms with Gasteiger partial charge in [-0.05, 0) is 39.8 Å². The van der Waals surface area contributed by atoms with Crippen LogP contribution in [0.5, 0.6) is 0 Å². The van der Waals surface area contributed by atoms with Crippen molar-refractivity contribution < 1.29 is 4.74 Å². The number of rotatable bonds is 3. The van der Waals surface area contributed by atoms with Crippen molar-refractivity contribution in [3.63, 3.8) is 0 Å². The lowest BCUT2D eigenvalue weighted by molar-refractivity contribution is -0.0830. The van der Waals surface area contributed by atoms with E-state index in [1.54, 1.807) is 0 Å². The molecule has 0 aromatic rings. The summed E-state index contributed by atoms with van der Waals surface area (Å²) in [5, 5.41) is 0. The van der Waals surface area contributed by atoms with E-state index in [0.29, 0.717) is 0 Å². The summed E-state index contributed by atoms with van der Waals surface area (Å²) in [5.74, 6) is 0. The molecule has 2 heteroatoms. The van der Waals surface area contributed by atoms with Gasteiger partial charge >= 0.3 is 0 Å². The molecule has 1 aliphatic rings. The summed E-state index contributed by atoms with van der Waals surface area (Å²) < 4.78 is 5.85. The van der Waals surface area contributed by atoms with Crippen LogP contribution in [0.3, 0.4) is 0 Å². The SMILES string of the molecule is CC.CC.CCOC1(CC)CCCN(C)C1. The molecule has 16 heavy (non-hydrogen) atoms. The first kappa shape index (κ1) is 18.3. The molecule has 1 aliphatic heterocycles. The number of piperidine rings is 1. The maximum Gasteiger partial charge on any atom is 0.0806 e. The molecule has 0 saturated carbocycles. The van der Waals surface area contributed by atoms with Gasteiger partial charge in [0.25, 0.3) is 0 Å². The smallest absolute Gasteiger partial charge is 0.0806 e. The van der Waals surface area contributed by atoms with Crippen LogP contribution < -0.4 is 0 Å². The Kier molecular flexibility index (Phi) is 13.0. The van der Waals surface area contributed by atoms with E-state index in [1.807, 2.05) is 27.7 Å². The molecule has 0 radical (unpaired) electrons. The molecule has 0 bridgehead atoms. The summed E-state index contributed by atoms with van der Waals surface area (Å²) in [6, 6.07) is 0. The van der Waals surface area contributed by atoms with Crippen LogP contribution in [0.2, 0.25) is 0 Å². The first-order valence-corrected chi connectivity index (χ1v) is 7.05. The van der Waals surface area contributed by atoms with Crippen molar-refractivity contribution >= 4 is 0 Å². The highest BCUT2D eigenvalue weighted by Gasteiger charge is 2.32. The van der Waals surface area contributed by atoms with Crippen LogP contribution in [0, 0.1) is 0 Å². The van der Waals surface area contributed by atoms with E-state index in [4.69, 9.17) is 4.74 Å². The van der Waals surface area contributed by atoms with Crippen LogP contribution in [0.4, 0.5) is 0 Å². The Morgan fingerprint density at radius 3 is 2.06 bits per heavy atom. The van der Waals surface area contributed by atoms with E-state index >= 15 is 0 Å². The first-order chi connectivity index (χ1) is 7.72. The van der Waals surface area contributed by atoms with Crippen molar-refractivity contribution in [1.82, 2.24) is 4.90 Å². The van der Waals surface area contributed by atoms with Crippen molar-refractivity contribution in [2.75, 3.05) is 26.7 Å². The molecule has 1 saturated heterocycles. The van der Waals surface area contributed by atoms with E-state index in [-0.39, 0.29) is 5.60 Å². The van der Waals surface area contributed by atoms with Crippen LogP contribution in [0.25, 0.3) is 0 Å². The highest BCUT2D eigenvalue weighted by Crippen LogP contribution is 2.27. The average Bonchev–Trinajstić information content (AvgIpc) is 2.35. The second-order valence-corrected chi connectivity index (χ2v) is 3.81. The minimum absolute atomic E-state index is 0.168. The molecule has 0 N–H and O–H groups in total. The van der Waals surface area contributed by atoms with Gasteiger partial charge in [-0.1, -0.05) is 34.6 Å². The fourth-order valence-corrected chi connectivity index (χ4v) is 2.14. The fourth-order valence-electron chi connectivity index (χ4n) is 2.14. The zero-order chi connectivity index (χ0) is 13.0. The van der Waals surface area contributed by atoms with Crippen LogP contribution in [0.1, 0.15) is 60.8 Å². The van der Waals surface area contributed by atoms with Crippen molar-refractivity contribution in [3.05, 3.63) is 0 Å². The van der Waals surface area contributed by atoms with Crippen molar-refractivity contribution in [2.45, 2.75) is 66.4 Å². The van der Waals surface area contributed by atoms with E-state index < -0.39 is 0 Å². The summed E-state index contributed by atoms with van der Waals surface area (Å²) in [6.45, 7) is 15.5. The second-order valence-electron chi connectivity index (χ2n) is 3.81. The lowest BCUT2D eigenvalue weighted by Crippen LogP contribution is -2.47. The second kappa shape index (κ2) is 11.4. The lowest BCUT2D eigenvalue weighted by atomic mass is 9.90. The van der Waals surface area contributed by atoms with Crippen molar-refractivity contribution in [2.24, 2.45) is 0 Å². The summed E-state index contributed by atoms with van der Waals surface area (Å²) >= 11 is 0. The molecule has 0 aliphatic carbocycles. The summed E-state index contributed by atoms with van der Waals surface area (Å²) in [6.07, 6.45) is 3.66.